The minimum atomic E-state index is -0.491. The van der Waals surface area contributed by atoms with Crippen molar-refractivity contribution in [3.63, 3.8) is 0 Å². The molecular formula is C16H18N2O3. The summed E-state index contributed by atoms with van der Waals surface area (Å²) in [4.78, 5) is 23.3. The topological polar surface area (TPSA) is 60.3 Å². The second-order valence-corrected chi connectivity index (χ2v) is 4.55. The third kappa shape index (κ3) is 3.31. The molecule has 21 heavy (non-hydrogen) atoms. The fraction of sp³-hybridized carbons (Fsp3) is 0.250. The Morgan fingerprint density at radius 1 is 1.33 bits per heavy atom. The molecule has 0 saturated carbocycles. The van der Waals surface area contributed by atoms with E-state index in [4.69, 9.17) is 4.74 Å². The largest absolute Gasteiger partial charge is 0.492 e. The molecule has 1 atom stereocenters. The monoisotopic (exact) mass is 286 g/mol. The van der Waals surface area contributed by atoms with Crippen LogP contribution in [-0.2, 0) is 4.79 Å². The predicted molar refractivity (Wildman–Crippen MR) is 80.8 cm³/mol. The molecule has 1 aromatic carbocycles. The number of hydrogen-bond donors (Lipinski definition) is 1. The molecule has 5 nitrogen and oxygen atoms in total. The number of nitrogens with zero attached hydrogens (tertiary/aromatic N) is 1. The first kappa shape index (κ1) is 14.8. The minimum Gasteiger partial charge on any atom is -0.492 e. The molecule has 1 amide bonds. The van der Waals surface area contributed by atoms with Crippen LogP contribution in [0.15, 0.2) is 42.6 Å². The normalized spacial score (nSPS) is 11.7. The molecule has 5 heteroatoms. The standard InChI is InChI=1S/C16H18N2O3/c1-3-21-15-9-5-4-8-14(15)17-16(20)12(2)18-10-6-7-13(18)11-19/h4-12H,3H2,1-2H3,(H,17,20). The van der Waals surface area contributed by atoms with Crippen molar-refractivity contribution in [2.45, 2.75) is 19.9 Å². The van der Waals surface area contributed by atoms with E-state index in [-0.39, 0.29) is 5.91 Å². The molecule has 0 aliphatic rings. The molecule has 0 bridgehead atoms. The first-order valence-corrected chi connectivity index (χ1v) is 6.82. The van der Waals surface area contributed by atoms with Crippen molar-refractivity contribution in [3.8, 4) is 5.75 Å². The maximum Gasteiger partial charge on any atom is 0.247 e. The third-order valence-electron chi connectivity index (χ3n) is 3.17. The summed E-state index contributed by atoms with van der Waals surface area (Å²) in [6.07, 6.45) is 2.44. The van der Waals surface area contributed by atoms with Gasteiger partial charge in [-0.15, -0.1) is 0 Å². The summed E-state index contributed by atoms with van der Waals surface area (Å²) in [6, 6.07) is 10.2. The Kier molecular flexibility index (Phi) is 4.77. The molecule has 2 rings (SSSR count). The van der Waals surface area contributed by atoms with Crippen molar-refractivity contribution in [2.75, 3.05) is 11.9 Å². The number of anilines is 1. The summed E-state index contributed by atoms with van der Waals surface area (Å²) in [5, 5.41) is 2.83. The Bertz CT molecular complexity index is 634. The fourth-order valence-corrected chi connectivity index (χ4v) is 2.07. The molecule has 0 radical (unpaired) electrons. The molecule has 1 unspecified atom stereocenters. The lowest BCUT2D eigenvalue weighted by molar-refractivity contribution is -0.118. The summed E-state index contributed by atoms with van der Waals surface area (Å²) in [7, 11) is 0. The molecule has 0 saturated heterocycles. The van der Waals surface area contributed by atoms with Crippen LogP contribution < -0.4 is 10.1 Å². The van der Waals surface area contributed by atoms with Crippen LogP contribution in [0.25, 0.3) is 0 Å². The van der Waals surface area contributed by atoms with Crippen molar-refractivity contribution in [1.82, 2.24) is 4.57 Å². The van der Waals surface area contributed by atoms with Crippen LogP contribution in [0.1, 0.15) is 30.4 Å². The van der Waals surface area contributed by atoms with Crippen LogP contribution in [0.4, 0.5) is 5.69 Å². The van der Waals surface area contributed by atoms with Gasteiger partial charge in [0.05, 0.1) is 18.0 Å². The Labute approximate surface area is 123 Å². The van der Waals surface area contributed by atoms with Crippen LogP contribution in [0.5, 0.6) is 5.75 Å². The maximum atomic E-state index is 12.3. The quantitative estimate of drug-likeness (QED) is 0.831. The Morgan fingerprint density at radius 3 is 2.81 bits per heavy atom. The highest BCUT2D eigenvalue weighted by Gasteiger charge is 2.18. The highest BCUT2D eigenvalue weighted by molar-refractivity contribution is 5.95. The van der Waals surface area contributed by atoms with Crippen molar-refractivity contribution in [2.24, 2.45) is 0 Å². The van der Waals surface area contributed by atoms with E-state index in [9.17, 15) is 9.59 Å². The van der Waals surface area contributed by atoms with E-state index in [1.165, 1.54) is 0 Å². The lowest BCUT2D eigenvalue weighted by Crippen LogP contribution is -2.24. The van der Waals surface area contributed by atoms with Crippen LogP contribution >= 0.6 is 0 Å². The van der Waals surface area contributed by atoms with Crippen molar-refractivity contribution in [3.05, 3.63) is 48.3 Å². The van der Waals surface area contributed by atoms with Gasteiger partial charge in [-0.05, 0) is 38.1 Å². The number of rotatable bonds is 6. The van der Waals surface area contributed by atoms with Gasteiger partial charge in [0, 0.05) is 6.20 Å². The van der Waals surface area contributed by atoms with Gasteiger partial charge in [-0.2, -0.15) is 0 Å². The molecule has 110 valence electrons. The van der Waals surface area contributed by atoms with Crippen LogP contribution in [0, 0.1) is 0 Å². The van der Waals surface area contributed by atoms with Crippen molar-refractivity contribution in [1.29, 1.82) is 0 Å². The molecule has 1 aromatic heterocycles. The van der Waals surface area contributed by atoms with E-state index in [0.717, 1.165) is 6.29 Å². The SMILES string of the molecule is CCOc1ccccc1NC(=O)C(C)n1cccc1C=O. The van der Waals surface area contributed by atoms with E-state index in [2.05, 4.69) is 5.32 Å². The van der Waals surface area contributed by atoms with Crippen molar-refractivity contribution < 1.29 is 14.3 Å². The highest BCUT2D eigenvalue weighted by atomic mass is 16.5. The van der Waals surface area contributed by atoms with Gasteiger partial charge in [0.1, 0.15) is 11.8 Å². The molecular weight excluding hydrogens is 268 g/mol. The van der Waals surface area contributed by atoms with E-state index >= 15 is 0 Å². The van der Waals surface area contributed by atoms with Gasteiger partial charge in [0.2, 0.25) is 5.91 Å². The van der Waals surface area contributed by atoms with E-state index in [1.54, 1.807) is 42.0 Å². The zero-order valence-electron chi connectivity index (χ0n) is 12.1. The Hall–Kier alpha value is -2.56. The second kappa shape index (κ2) is 6.74. The zero-order valence-corrected chi connectivity index (χ0v) is 12.1. The van der Waals surface area contributed by atoms with Gasteiger partial charge >= 0.3 is 0 Å². The summed E-state index contributed by atoms with van der Waals surface area (Å²) >= 11 is 0. The smallest absolute Gasteiger partial charge is 0.247 e. The van der Waals surface area contributed by atoms with Gasteiger partial charge in [0.15, 0.2) is 6.29 Å². The third-order valence-corrected chi connectivity index (χ3v) is 3.17. The maximum absolute atomic E-state index is 12.3. The minimum absolute atomic E-state index is 0.207. The summed E-state index contributed by atoms with van der Waals surface area (Å²) in [5.41, 5.74) is 1.09. The molecule has 1 N–H and O–H groups in total. The van der Waals surface area contributed by atoms with Gasteiger partial charge < -0.3 is 14.6 Å². The van der Waals surface area contributed by atoms with E-state index in [1.807, 2.05) is 19.1 Å². The van der Waals surface area contributed by atoms with Gasteiger partial charge in [-0.3, -0.25) is 9.59 Å². The number of amides is 1. The van der Waals surface area contributed by atoms with E-state index in [0.29, 0.717) is 23.7 Å². The highest BCUT2D eigenvalue weighted by Crippen LogP contribution is 2.25. The number of aldehydes is 1. The summed E-state index contributed by atoms with van der Waals surface area (Å²) in [6.45, 7) is 4.15. The number of carbonyl (C=O) groups excluding carboxylic acids is 2. The van der Waals surface area contributed by atoms with Crippen LogP contribution in [0.2, 0.25) is 0 Å². The number of para-hydroxylation sites is 2. The number of carbonyl (C=O) groups is 2. The van der Waals surface area contributed by atoms with Crippen LogP contribution in [0.3, 0.4) is 0 Å². The average molecular weight is 286 g/mol. The molecule has 0 aliphatic heterocycles. The lowest BCUT2D eigenvalue weighted by atomic mass is 10.2. The number of nitrogens with one attached hydrogen (secondary N) is 1. The number of benzene rings is 1. The molecule has 0 aliphatic carbocycles. The molecule has 2 aromatic rings. The van der Waals surface area contributed by atoms with Gasteiger partial charge in [-0.25, -0.2) is 0 Å². The zero-order chi connectivity index (χ0) is 15.2. The van der Waals surface area contributed by atoms with E-state index < -0.39 is 6.04 Å². The first-order chi connectivity index (χ1) is 10.2. The number of hydrogen-bond acceptors (Lipinski definition) is 3. The Balaban J connectivity index is 2.16. The van der Waals surface area contributed by atoms with Crippen LogP contribution in [-0.4, -0.2) is 23.4 Å². The Morgan fingerprint density at radius 2 is 2.10 bits per heavy atom. The van der Waals surface area contributed by atoms with Gasteiger partial charge in [0.25, 0.3) is 0 Å². The number of aromatic nitrogens is 1. The fourth-order valence-electron chi connectivity index (χ4n) is 2.07. The van der Waals surface area contributed by atoms with Gasteiger partial charge in [-0.1, -0.05) is 12.1 Å². The van der Waals surface area contributed by atoms with Crippen molar-refractivity contribution >= 4 is 17.9 Å². The average Bonchev–Trinajstić information content (AvgIpc) is 2.97. The summed E-state index contributed by atoms with van der Waals surface area (Å²) < 4.78 is 7.11. The lowest BCUT2D eigenvalue weighted by Gasteiger charge is -2.17. The summed E-state index contributed by atoms with van der Waals surface area (Å²) in [5.74, 6) is 0.421. The predicted octanol–water partition coefficient (Wildman–Crippen LogP) is 2.90. The molecule has 0 fully saturated rings. The number of ether oxygens (including phenoxy) is 1. The second-order valence-electron chi connectivity index (χ2n) is 4.55. The molecule has 0 spiro atoms. The molecule has 1 heterocycles. The first-order valence-electron chi connectivity index (χ1n) is 6.82.